The normalized spacial score (nSPS) is 19.7. The first-order chi connectivity index (χ1) is 9.04. The van der Waals surface area contributed by atoms with Crippen molar-refractivity contribution in [3.63, 3.8) is 0 Å². The van der Waals surface area contributed by atoms with E-state index in [1.54, 1.807) is 0 Å². The number of amides is 1. The van der Waals surface area contributed by atoms with Gasteiger partial charge < -0.3 is 11.1 Å². The number of benzene rings is 1. The highest BCUT2D eigenvalue weighted by Gasteiger charge is 2.40. The van der Waals surface area contributed by atoms with E-state index in [2.05, 4.69) is 5.32 Å². The molecule has 19 heavy (non-hydrogen) atoms. The van der Waals surface area contributed by atoms with Gasteiger partial charge in [-0.05, 0) is 44.2 Å². The van der Waals surface area contributed by atoms with Gasteiger partial charge >= 0.3 is 0 Å². The van der Waals surface area contributed by atoms with E-state index >= 15 is 0 Å². The molecular formula is C16H24N2O. The number of carbonyl (C=O) groups excluding carboxylic acids is 1. The van der Waals surface area contributed by atoms with Crippen LogP contribution in [0, 0.1) is 12.8 Å². The van der Waals surface area contributed by atoms with Crippen LogP contribution in [0.25, 0.3) is 0 Å². The zero-order valence-electron chi connectivity index (χ0n) is 11.9. The van der Waals surface area contributed by atoms with E-state index in [0.717, 1.165) is 24.1 Å². The fourth-order valence-corrected chi connectivity index (χ4v) is 3.04. The Labute approximate surface area is 115 Å². The molecule has 0 radical (unpaired) electrons. The van der Waals surface area contributed by atoms with E-state index < -0.39 is 5.54 Å². The van der Waals surface area contributed by atoms with Crippen LogP contribution in [0.2, 0.25) is 0 Å². The summed E-state index contributed by atoms with van der Waals surface area (Å²) in [4.78, 5) is 12.0. The van der Waals surface area contributed by atoms with Gasteiger partial charge in [0.25, 0.3) is 0 Å². The second-order valence-electron chi connectivity index (χ2n) is 5.84. The molecule has 0 saturated heterocycles. The van der Waals surface area contributed by atoms with E-state index in [0.29, 0.717) is 5.92 Å². The Morgan fingerprint density at radius 2 is 1.89 bits per heavy atom. The van der Waals surface area contributed by atoms with Crippen molar-refractivity contribution in [2.45, 2.75) is 51.5 Å². The van der Waals surface area contributed by atoms with Gasteiger partial charge in [-0.2, -0.15) is 0 Å². The Bertz CT molecular complexity index is 452. The van der Waals surface area contributed by atoms with E-state index in [-0.39, 0.29) is 5.91 Å². The van der Waals surface area contributed by atoms with Crippen LogP contribution in [0.4, 0.5) is 5.69 Å². The fourth-order valence-electron chi connectivity index (χ4n) is 3.04. The van der Waals surface area contributed by atoms with Crippen molar-refractivity contribution in [3.8, 4) is 0 Å². The second kappa shape index (κ2) is 5.64. The van der Waals surface area contributed by atoms with E-state index in [1.165, 1.54) is 19.3 Å². The molecule has 2 rings (SSSR count). The van der Waals surface area contributed by atoms with Crippen molar-refractivity contribution in [1.29, 1.82) is 0 Å². The largest absolute Gasteiger partial charge is 0.371 e. The lowest BCUT2D eigenvalue weighted by molar-refractivity contribution is -0.123. The quantitative estimate of drug-likeness (QED) is 0.873. The average molecular weight is 260 g/mol. The Hall–Kier alpha value is -1.51. The van der Waals surface area contributed by atoms with Crippen molar-refractivity contribution in [2.75, 3.05) is 5.32 Å². The Balaban J connectivity index is 2.24. The zero-order valence-corrected chi connectivity index (χ0v) is 11.9. The summed E-state index contributed by atoms with van der Waals surface area (Å²) in [6, 6.07) is 8.05. The minimum Gasteiger partial charge on any atom is -0.371 e. The molecule has 1 atom stereocenters. The lowest BCUT2D eigenvalue weighted by atomic mass is 9.75. The maximum atomic E-state index is 12.0. The summed E-state index contributed by atoms with van der Waals surface area (Å²) in [5.74, 6) is 0.0843. The molecule has 1 fully saturated rings. The van der Waals surface area contributed by atoms with Crippen molar-refractivity contribution < 1.29 is 4.79 Å². The Morgan fingerprint density at radius 1 is 1.26 bits per heavy atom. The average Bonchev–Trinajstić information content (AvgIpc) is 2.42. The monoisotopic (exact) mass is 260 g/mol. The van der Waals surface area contributed by atoms with Crippen LogP contribution in [0.5, 0.6) is 0 Å². The van der Waals surface area contributed by atoms with Gasteiger partial charge in [-0.25, -0.2) is 0 Å². The molecule has 104 valence electrons. The predicted molar refractivity (Wildman–Crippen MR) is 79.0 cm³/mol. The Kier molecular flexibility index (Phi) is 4.13. The number of anilines is 1. The summed E-state index contributed by atoms with van der Waals surface area (Å²) in [5.41, 5.74) is 7.20. The lowest BCUT2D eigenvalue weighted by Crippen LogP contribution is -2.54. The summed E-state index contributed by atoms with van der Waals surface area (Å²) < 4.78 is 0. The minimum atomic E-state index is -0.646. The standard InChI is InChI=1S/C16H24N2O/c1-12-8-6-7-11-14(12)18-16(2,15(17)19)13-9-4-3-5-10-13/h6-8,11,13,18H,3-5,9-10H2,1-2H3,(H2,17,19). The molecule has 1 aromatic rings. The molecule has 0 aliphatic heterocycles. The maximum Gasteiger partial charge on any atom is 0.243 e. The fraction of sp³-hybridized carbons (Fsp3) is 0.562. The first kappa shape index (κ1) is 13.9. The van der Waals surface area contributed by atoms with Crippen LogP contribution in [-0.2, 0) is 4.79 Å². The van der Waals surface area contributed by atoms with Crippen molar-refractivity contribution in [2.24, 2.45) is 11.7 Å². The molecule has 1 aliphatic rings. The second-order valence-corrected chi connectivity index (χ2v) is 5.84. The molecule has 1 amide bonds. The molecule has 1 unspecified atom stereocenters. The number of aryl methyl sites for hydroxylation is 1. The molecular weight excluding hydrogens is 236 g/mol. The van der Waals surface area contributed by atoms with E-state index in [9.17, 15) is 4.79 Å². The number of primary amides is 1. The summed E-state index contributed by atoms with van der Waals surface area (Å²) >= 11 is 0. The van der Waals surface area contributed by atoms with Gasteiger partial charge in [-0.1, -0.05) is 37.5 Å². The van der Waals surface area contributed by atoms with Crippen LogP contribution in [0.1, 0.15) is 44.6 Å². The highest BCUT2D eigenvalue weighted by atomic mass is 16.1. The number of hydrogen-bond donors (Lipinski definition) is 2. The Morgan fingerprint density at radius 3 is 2.47 bits per heavy atom. The smallest absolute Gasteiger partial charge is 0.243 e. The summed E-state index contributed by atoms with van der Waals surface area (Å²) in [6.07, 6.45) is 5.83. The molecule has 0 heterocycles. The molecule has 0 aromatic heterocycles. The number of carbonyl (C=O) groups is 1. The number of nitrogens with one attached hydrogen (secondary N) is 1. The minimum absolute atomic E-state index is 0.248. The third-order valence-corrected chi connectivity index (χ3v) is 4.47. The van der Waals surface area contributed by atoms with Crippen LogP contribution in [0.15, 0.2) is 24.3 Å². The first-order valence-corrected chi connectivity index (χ1v) is 7.18. The number of para-hydroxylation sites is 1. The van der Waals surface area contributed by atoms with Crippen molar-refractivity contribution in [3.05, 3.63) is 29.8 Å². The van der Waals surface area contributed by atoms with Gasteiger partial charge in [0, 0.05) is 5.69 Å². The molecule has 1 saturated carbocycles. The van der Waals surface area contributed by atoms with Crippen LogP contribution in [0.3, 0.4) is 0 Å². The number of rotatable bonds is 4. The van der Waals surface area contributed by atoms with Gasteiger partial charge in [0.2, 0.25) is 5.91 Å². The SMILES string of the molecule is Cc1ccccc1NC(C)(C(N)=O)C1CCCCC1. The van der Waals surface area contributed by atoms with E-state index in [4.69, 9.17) is 5.73 Å². The molecule has 3 heteroatoms. The zero-order chi connectivity index (χ0) is 13.9. The molecule has 3 N–H and O–H groups in total. The summed E-state index contributed by atoms with van der Waals surface area (Å²) in [6.45, 7) is 4.00. The van der Waals surface area contributed by atoms with Crippen molar-refractivity contribution >= 4 is 11.6 Å². The van der Waals surface area contributed by atoms with E-state index in [1.807, 2.05) is 38.1 Å². The van der Waals surface area contributed by atoms with Gasteiger partial charge in [0.1, 0.15) is 5.54 Å². The van der Waals surface area contributed by atoms with Gasteiger partial charge in [0.05, 0.1) is 0 Å². The van der Waals surface area contributed by atoms with Gasteiger partial charge in [-0.3, -0.25) is 4.79 Å². The lowest BCUT2D eigenvalue weighted by Gasteiger charge is -2.39. The molecule has 0 bridgehead atoms. The van der Waals surface area contributed by atoms with Crippen LogP contribution < -0.4 is 11.1 Å². The van der Waals surface area contributed by atoms with Crippen molar-refractivity contribution in [1.82, 2.24) is 0 Å². The predicted octanol–water partition coefficient (Wildman–Crippen LogP) is 3.23. The summed E-state index contributed by atoms with van der Waals surface area (Å²) in [7, 11) is 0. The van der Waals surface area contributed by atoms with Gasteiger partial charge in [0.15, 0.2) is 0 Å². The molecule has 1 aromatic carbocycles. The molecule has 1 aliphatic carbocycles. The van der Waals surface area contributed by atoms with Crippen LogP contribution >= 0.6 is 0 Å². The third-order valence-electron chi connectivity index (χ3n) is 4.47. The first-order valence-electron chi connectivity index (χ1n) is 7.18. The van der Waals surface area contributed by atoms with Gasteiger partial charge in [-0.15, -0.1) is 0 Å². The number of nitrogens with two attached hydrogens (primary N) is 1. The third kappa shape index (κ3) is 2.91. The maximum absolute atomic E-state index is 12.0. The highest BCUT2D eigenvalue weighted by Crippen LogP contribution is 2.35. The molecule has 0 spiro atoms. The number of hydrogen-bond acceptors (Lipinski definition) is 2. The topological polar surface area (TPSA) is 55.1 Å². The van der Waals surface area contributed by atoms with Crippen LogP contribution in [-0.4, -0.2) is 11.4 Å². The summed E-state index contributed by atoms with van der Waals surface area (Å²) in [5, 5.41) is 3.42. The molecule has 3 nitrogen and oxygen atoms in total. The highest BCUT2D eigenvalue weighted by molar-refractivity contribution is 5.88.